The van der Waals surface area contributed by atoms with Crippen LogP contribution in [0.2, 0.25) is 0 Å². The maximum atomic E-state index is 5.87. The fourth-order valence-corrected chi connectivity index (χ4v) is 3.76. The molecule has 1 aliphatic heterocycles. The van der Waals surface area contributed by atoms with Crippen LogP contribution in [0, 0.1) is 0 Å². The van der Waals surface area contributed by atoms with E-state index in [9.17, 15) is 0 Å². The zero-order valence-corrected chi connectivity index (χ0v) is 15.0. The van der Waals surface area contributed by atoms with Gasteiger partial charge in [-0.15, -0.1) is 11.3 Å². The molecule has 1 N–H and O–H groups in total. The number of hydrogen-bond acceptors (Lipinski definition) is 5. The molecule has 3 heterocycles. The van der Waals surface area contributed by atoms with Gasteiger partial charge in [-0.1, -0.05) is 18.2 Å². The molecule has 3 aromatic rings. The summed E-state index contributed by atoms with van der Waals surface area (Å²) >= 11 is 1.73. The monoisotopic (exact) mass is 355 g/mol. The first-order valence-corrected chi connectivity index (χ1v) is 9.34. The Morgan fingerprint density at radius 1 is 1.16 bits per heavy atom. The van der Waals surface area contributed by atoms with E-state index in [-0.39, 0.29) is 0 Å². The van der Waals surface area contributed by atoms with Crippen molar-refractivity contribution in [2.75, 3.05) is 13.2 Å². The molecule has 4 rings (SSSR count). The van der Waals surface area contributed by atoms with Crippen LogP contribution < -0.4 is 14.8 Å². The van der Waals surface area contributed by atoms with Crippen molar-refractivity contribution in [2.24, 2.45) is 7.05 Å². The molecule has 0 bridgehead atoms. The lowest BCUT2D eigenvalue weighted by molar-refractivity contribution is 0.296. The van der Waals surface area contributed by atoms with Gasteiger partial charge in [0.05, 0.1) is 29.5 Å². The maximum absolute atomic E-state index is 5.87. The van der Waals surface area contributed by atoms with Crippen LogP contribution in [0.1, 0.15) is 17.7 Å². The average Bonchev–Trinajstić information content (AvgIpc) is 3.19. The van der Waals surface area contributed by atoms with Crippen LogP contribution in [0.3, 0.4) is 0 Å². The van der Waals surface area contributed by atoms with Gasteiger partial charge in [-0.2, -0.15) is 5.10 Å². The number of nitrogens with zero attached hydrogens (tertiary/aromatic N) is 2. The lowest BCUT2D eigenvalue weighted by atomic mass is 10.2. The number of para-hydroxylation sites is 1. The van der Waals surface area contributed by atoms with E-state index in [0.717, 1.165) is 41.4 Å². The molecule has 0 spiro atoms. The van der Waals surface area contributed by atoms with Crippen LogP contribution in [0.15, 0.2) is 41.8 Å². The standard InChI is InChI=1S/C19H21N3O2S/c1-22-16(18-7-3-10-25-18)11-15(21-22)13-20-12-14-5-2-6-17-19(14)24-9-4-8-23-17/h2-3,5-7,10-11,20H,4,8-9,12-13H2,1H3. The van der Waals surface area contributed by atoms with Gasteiger partial charge in [-0.3, -0.25) is 4.68 Å². The average molecular weight is 355 g/mol. The number of rotatable bonds is 5. The minimum absolute atomic E-state index is 0.703. The zero-order valence-electron chi connectivity index (χ0n) is 14.2. The van der Waals surface area contributed by atoms with E-state index in [0.29, 0.717) is 19.8 Å². The lowest BCUT2D eigenvalue weighted by Gasteiger charge is -2.12. The highest BCUT2D eigenvalue weighted by molar-refractivity contribution is 7.13. The highest BCUT2D eigenvalue weighted by atomic mass is 32.1. The molecule has 0 saturated heterocycles. The minimum atomic E-state index is 0.703. The molecule has 0 aliphatic carbocycles. The Morgan fingerprint density at radius 3 is 2.96 bits per heavy atom. The van der Waals surface area contributed by atoms with E-state index in [1.54, 1.807) is 11.3 Å². The second kappa shape index (κ2) is 7.29. The molecule has 0 atom stereocenters. The van der Waals surface area contributed by atoms with Crippen LogP contribution in [0.5, 0.6) is 11.5 Å². The fourth-order valence-electron chi connectivity index (χ4n) is 2.99. The van der Waals surface area contributed by atoms with Crippen molar-refractivity contribution < 1.29 is 9.47 Å². The number of aryl methyl sites for hydroxylation is 1. The van der Waals surface area contributed by atoms with Gasteiger partial charge in [0, 0.05) is 32.1 Å². The molecule has 6 heteroatoms. The second-order valence-electron chi connectivity index (χ2n) is 6.02. The van der Waals surface area contributed by atoms with Crippen molar-refractivity contribution in [3.8, 4) is 22.1 Å². The molecule has 1 aromatic carbocycles. The first-order chi connectivity index (χ1) is 12.3. The number of benzene rings is 1. The Morgan fingerprint density at radius 2 is 2.08 bits per heavy atom. The van der Waals surface area contributed by atoms with E-state index >= 15 is 0 Å². The summed E-state index contributed by atoms with van der Waals surface area (Å²) in [4.78, 5) is 1.24. The molecule has 0 amide bonds. The summed E-state index contributed by atoms with van der Waals surface area (Å²) < 4.78 is 13.6. The van der Waals surface area contributed by atoms with Gasteiger partial charge in [0.15, 0.2) is 11.5 Å². The molecule has 0 unspecified atom stereocenters. The van der Waals surface area contributed by atoms with E-state index in [4.69, 9.17) is 9.47 Å². The van der Waals surface area contributed by atoms with Gasteiger partial charge in [0.2, 0.25) is 0 Å². The third-order valence-electron chi connectivity index (χ3n) is 4.18. The number of aromatic nitrogens is 2. The zero-order chi connectivity index (χ0) is 17.1. The van der Waals surface area contributed by atoms with E-state index < -0.39 is 0 Å². The summed E-state index contributed by atoms with van der Waals surface area (Å²) in [6, 6.07) is 12.4. The summed E-state index contributed by atoms with van der Waals surface area (Å²) in [5, 5.41) is 10.2. The Kier molecular flexibility index (Phi) is 4.72. The maximum Gasteiger partial charge on any atom is 0.165 e. The molecule has 0 saturated carbocycles. The van der Waals surface area contributed by atoms with Gasteiger partial charge in [0.25, 0.3) is 0 Å². The van der Waals surface area contributed by atoms with E-state index in [2.05, 4.69) is 40.1 Å². The van der Waals surface area contributed by atoms with Crippen molar-refractivity contribution in [3.63, 3.8) is 0 Å². The Balaban J connectivity index is 1.43. The molecule has 2 aromatic heterocycles. The van der Waals surface area contributed by atoms with Crippen molar-refractivity contribution in [3.05, 3.63) is 53.0 Å². The summed E-state index contributed by atoms with van der Waals surface area (Å²) in [7, 11) is 1.99. The van der Waals surface area contributed by atoms with Gasteiger partial charge in [-0.25, -0.2) is 0 Å². The summed E-state index contributed by atoms with van der Waals surface area (Å²) in [5.41, 5.74) is 3.30. The summed E-state index contributed by atoms with van der Waals surface area (Å²) in [6.45, 7) is 2.85. The van der Waals surface area contributed by atoms with Crippen LogP contribution in [0.4, 0.5) is 0 Å². The van der Waals surface area contributed by atoms with Crippen molar-refractivity contribution in [1.29, 1.82) is 0 Å². The third-order valence-corrected chi connectivity index (χ3v) is 5.07. The van der Waals surface area contributed by atoms with Gasteiger partial charge < -0.3 is 14.8 Å². The summed E-state index contributed by atoms with van der Waals surface area (Å²) in [6.07, 6.45) is 0.918. The Bertz CT molecular complexity index is 842. The van der Waals surface area contributed by atoms with Gasteiger partial charge in [-0.05, 0) is 23.6 Å². The van der Waals surface area contributed by atoms with Crippen LogP contribution in [-0.4, -0.2) is 23.0 Å². The molecule has 5 nitrogen and oxygen atoms in total. The molecule has 0 radical (unpaired) electrons. The van der Waals surface area contributed by atoms with Crippen LogP contribution >= 0.6 is 11.3 Å². The SMILES string of the molecule is Cn1nc(CNCc2cccc3c2OCCCO3)cc1-c1cccs1. The van der Waals surface area contributed by atoms with Crippen LogP contribution in [0.25, 0.3) is 10.6 Å². The molecule has 0 fully saturated rings. The molecule has 25 heavy (non-hydrogen) atoms. The largest absolute Gasteiger partial charge is 0.490 e. The highest BCUT2D eigenvalue weighted by Gasteiger charge is 2.14. The number of thiophene rings is 1. The molecular formula is C19H21N3O2S. The summed E-state index contributed by atoms with van der Waals surface area (Å²) in [5.74, 6) is 1.71. The predicted octanol–water partition coefficient (Wildman–Crippen LogP) is 3.60. The van der Waals surface area contributed by atoms with Crippen LogP contribution in [-0.2, 0) is 20.1 Å². The van der Waals surface area contributed by atoms with Crippen molar-refractivity contribution in [1.82, 2.24) is 15.1 Å². The molecule has 130 valence electrons. The molecular weight excluding hydrogens is 334 g/mol. The first-order valence-electron chi connectivity index (χ1n) is 8.46. The van der Waals surface area contributed by atoms with Crippen molar-refractivity contribution >= 4 is 11.3 Å². The third kappa shape index (κ3) is 3.55. The quantitative estimate of drug-likeness (QED) is 0.760. The first kappa shape index (κ1) is 16.2. The van der Waals surface area contributed by atoms with Gasteiger partial charge >= 0.3 is 0 Å². The van der Waals surface area contributed by atoms with Gasteiger partial charge in [0.1, 0.15) is 0 Å². The van der Waals surface area contributed by atoms with Crippen molar-refractivity contribution in [2.45, 2.75) is 19.5 Å². The highest BCUT2D eigenvalue weighted by Crippen LogP contribution is 2.33. The Hall–Kier alpha value is -2.31. The predicted molar refractivity (Wildman–Crippen MR) is 99.1 cm³/mol. The number of fused-ring (bicyclic) bond motifs is 1. The normalized spacial score (nSPS) is 13.6. The van der Waals surface area contributed by atoms with E-state index in [1.807, 2.05) is 23.9 Å². The smallest absolute Gasteiger partial charge is 0.165 e. The number of nitrogens with one attached hydrogen (secondary N) is 1. The number of hydrogen-bond donors (Lipinski definition) is 1. The number of ether oxygens (including phenoxy) is 2. The topological polar surface area (TPSA) is 48.3 Å². The fraction of sp³-hybridized carbons (Fsp3) is 0.316. The Labute approximate surface area is 151 Å². The van der Waals surface area contributed by atoms with E-state index in [1.165, 1.54) is 4.88 Å². The minimum Gasteiger partial charge on any atom is -0.490 e. The second-order valence-corrected chi connectivity index (χ2v) is 6.97. The molecule has 1 aliphatic rings. The lowest BCUT2D eigenvalue weighted by Crippen LogP contribution is -2.14.